The average molecular weight is 765 g/mol. The molecule has 0 aliphatic rings. The number of furan rings is 1. The van der Waals surface area contributed by atoms with Crippen LogP contribution in [0.5, 0.6) is 0 Å². The number of benzene rings is 10. The molecule has 0 aliphatic carbocycles. The predicted octanol–water partition coefficient (Wildman–Crippen LogP) is 14.5. The Hall–Kier alpha value is -8.15. The molecule has 0 aliphatic heterocycles. The summed E-state index contributed by atoms with van der Waals surface area (Å²) in [5.41, 5.74) is 7.60. The number of hydrogen-bond acceptors (Lipinski definition) is 4. The monoisotopic (exact) mass is 764 g/mol. The molecule has 0 bridgehead atoms. The highest BCUT2D eigenvalue weighted by atomic mass is 16.3. The zero-order chi connectivity index (χ0) is 39.3. The smallest absolute Gasteiger partial charge is 0.238 e. The Kier molecular flexibility index (Phi) is 6.95. The first-order chi connectivity index (χ1) is 29.7. The van der Waals surface area contributed by atoms with E-state index < -0.39 is 0 Å². The first kappa shape index (κ1) is 32.9. The summed E-state index contributed by atoms with van der Waals surface area (Å²) in [6.45, 7) is 0. The van der Waals surface area contributed by atoms with Gasteiger partial charge in [-0.2, -0.15) is 9.97 Å². The van der Waals surface area contributed by atoms with E-state index >= 15 is 0 Å². The van der Waals surface area contributed by atoms with Crippen LogP contribution in [-0.2, 0) is 0 Å². The van der Waals surface area contributed by atoms with Crippen LogP contribution in [0.1, 0.15) is 0 Å². The highest BCUT2D eigenvalue weighted by molar-refractivity contribution is 6.20. The second kappa shape index (κ2) is 12.7. The van der Waals surface area contributed by atoms with Crippen LogP contribution in [-0.4, -0.2) is 19.5 Å². The third-order valence-electron chi connectivity index (χ3n) is 12.2. The van der Waals surface area contributed by atoms with Gasteiger partial charge < -0.3 is 4.42 Å². The SMILES string of the molecule is c1ccc(-c2cc(-c3nc(-c4cccc5c4oc4cc6ccccc6cc45)nc(-n4c5cc6ccccc6cc5c5ccc6ccccc6c54)n3)cc3ccccc23)cc1. The van der Waals surface area contributed by atoms with E-state index in [1.807, 2.05) is 0 Å². The maximum atomic E-state index is 6.80. The quantitative estimate of drug-likeness (QED) is 0.179. The van der Waals surface area contributed by atoms with Crippen LogP contribution in [0.4, 0.5) is 0 Å². The standard InChI is InChI=1S/C55H32N4O/c1-2-13-33(14-3-1)46-30-40(27-39-20-9-10-21-41(39)46)53-56-54(45-24-12-23-44-48-29-36-17-5-7-19-38(36)32-50(48)60-52(44)45)58-55(57-53)59-49-31-37-18-6-4-16-35(37)28-47(49)43-26-25-34-15-8-11-22-42(34)51(43)59/h1-32H. The van der Waals surface area contributed by atoms with Crippen molar-refractivity contribution >= 4 is 86.8 Å². The lowest BCUT2D eigenvalue weighted by Gasteiger charge is -2.14. The van der Waals surface area contributed by atoms with Crippen LogP contribution in [0, 0.1) is 0 Å². The molecule has 0 amide bonds. The highest BCUT2D eigenvalue weighted by Crippen LogP contribution is 2.41. The molecule has 0 saturated heterocycles. The fourth-order valence-corrected chi connectivity index (χ4v) is 9.34. The van der Waals surface area contributed by atoms with Gasteiger partial charge in [0.2, 0.25) is 5.95 Å². The molecular weight excluding hydrogens is 733 g/mol. The fourth-order valence-electron chi connectivity index (χ4n) is 9.34. The van der Waals surface area contributed by atoms with E-state index in [9.17, 15) is 0 Å². The van der Waals surface area contributed by atoms with Gasteiger partial charge in [0.05, 0.1) is 16.6 Å². The molecule has 0 radical (unpaired) electrons. The lowest BCUT2D eigenvalue weighted by Crippen LogP contribution is -2.07. The molecule has 13 rings (SSSR count). The van der Waals surface area contributed by atoms with Crippen molar-refractivity contribution in [3.8, 4) is 39.9 Å². The van der Waals surface area contributed by atoms with Crippen LogP contribution in [0.25, 0.3) is 127 Å². The lowest BCUT2D eigenvalue weighted by molar-refractivity contribution is 0.670. The van der Waals surface area contributed by atoms with Gasteiger partial charge in [-0.1, -0.05) is 152 Å². The molecule has 0 N–H and O–H groups in total. The number of nitrogens with zero attached hydrogens (tertiary/aromatic N) is 4. The molecule has 0 fully saturated rings. The molecule has 0 unspecified atom stereocenters. The van der Waals surface area contributed by atoms with Crippen molar-refractivity contribution in [1.29, 1.82) is 0 Å². The molecular formula is C55H32N4O. The van der Waals surface area contributed by atoms with Crippen molar-refractivity contribution in [1.82, 2.24) is 19.5 Å². The zero-order valence-corrected chi connectivity index (χ0v) is 32.2. The van der Waals surface area contributed by atoms with Gasteiger partial charge in [-0.05, 0) is 91.3 Å². The van der Waals surface area contributed by atoms with E-state index in [0.29, 0.717) is 17.6 Å². The summed E-state index contributed by atoms with van der Waals surface area (Å²) in [5, 5.41) is 13.5. The Morgan fingerprint density at radius 3 is 1.78 bits per heavy atom. The van der Waals surface area contributed by atoms with Crippen molar-refractivity contribution in [2.75, 3.05) is 0 Å². The number of fused-ring (bicyclic) bond motifs is 11. The molecule has 278 valence electrons. The van der Waals surface area contributed by atoms with E-state index in [0.717, 1.165) is 92.9 Å². The summed E-state index contributed by atoms with van der Waals surface area (Å²) >= 11 is 0. The summed E-state index contributed by atoms with van der Waals surface area (Å²) in [7, 11) is 0. The Morgan fingerprint density at radius 2 is 0.983 bits per heavy atom. The number of rotatable bonds is 4. The predicted molar refractivity (Wildman–Crippen MR) is 248 cm³/mol. The molecule has 3 aromatic heterocycles. The first-order valence-electron chi connectivity index (χ1n) is 20.3. The third kappa shape index (κ3) is 4.96. The molecule has 0 spiro atoms. The van der Waals surface area contributed by atoms with Gasteiger partial charge in [0, 0.05) is 32.5 Å². The van der Waals surface area contributed by atoms with Crippen LogP contribution in [0.15, 0.2) is 199 Å². The lowest BCUT2D eigenvalue weighted by atomic mass is 9.95. The second-order valence-electron chi connectivity index (χ2n) is 15.6. The van der Waals surface area contributed by atoms with E-state index in [1.54, 1.807) is 0 Å². The molecule has 0 atom stereocenters. The van der Waals surface area contributed by atoms with Crippen LogP contribution < -0.4 is 0 Å². The Labute approximate surface area is 343 Å². The normalized spacial score (nSPS) is 12.0. The Balaban J connectivity index is 1.16. The molecule has 3 heterocycles. The Bertz CT molecular complexity index is 3900. The van der Waals surface area contributed by atoms with Gasteiger partial charge in [0.25, 0.3) is 0 Å². The van der Waals surface area contributed by atoms with Crippen molar-refractivity contribution < 1.29 is 4.42 Å². The number of para-hydroxylation sites is 1. The highest BCUT2D eigenvalue weighted by Gasteiger charge is 2.23. The molecule has 0 saturated carbocycles. The van der Waals surface area contributed by atoms with Crippen molar-refractivity contribution in [2.45, 2.75) is 0 Å². The fraction of sp³-hybridized carbons (Fsp3) is 0. The van der Waals surface area contributed by atoms with Gasteiger partial charge in [-0.3, -0.25) is 4.57 Å². The van der Waals surface area contributed by atoms with Crippen LogP contribution >= 0.6 is 0 Å². The summed E-state index contributed by atoms with van der Waals surface area (Å²) < 4.78 is 9.04. The number of hydrogen-bond donors (Lipinski definition) is 0. The second-order valence-corrected chi connectivity index (χ2v) is 15.6. The summed E-state index contributed by atoms with van der Waals surface area (Å²) in [5.74, 6) is 1.65. The van der Waals surface area contributed by atoms with Gasteiger partial charge in [-0.15, -0.1) is 0 Å². The van der Waals surface area contributed by atoms with Crippen molar-refractivity contribution in [2.24, 2.45) is 0 Å². The van der Waals surface area contributed by atoms with Gasteiger partial charge in [-0.25, -0.2) is 4.98 Å². The molecule has 13 aromatic rings. The zero-order valence-electron chi connectivity index (χ0n) is 32.2. The van der Waals surface area contributed by atoms with Crippen molar-refractivity contribution in [3.05, 3.63) is 194 Å². The van der Waals surface area contributed by atoms with E-state index in [1.165, 1.54) is 16.2 Å². The van der Waals surface area contributed by atoms with Gasteiger partial charge in [0.1, 0.15) is 11.2 Å². The summed E-state index contributed by atoms with van der Waals surface area (Å²) in [4.78, 5) is 16.3. The van der Waals surface area contributed by atoms with Crippen molar-refractivity contribution in [3.63, 3.8) is 0 Å². The molecule has 60 heavy (non-hydrogen) atoms. The minimum Gasteiger partial charge on any atom is -0.455 e. The first-order valence-corrected chi connectivity index (χ1v) is 20.3. The molecule has 5 nitrogen and oxygen atoms in total. The Morgan fingerprint density at radius 1 is 0.350 bits per heavy atom. The summed E-state index contributed by atoms with van der Waals surface area (Å²) in [6, 6.07) is 68.7. The minimum atomic E-state index is 0.537. The average Bonchev–Trinajstić information content (AvgIpc) is 3.84. The number of aromatic nitrogens is 4. The summed E-state index contributed by atoms with van der Waals surface area (Å²) in [6.07, 6.45) is 0. The maximum absolute atomic E-state index is 6.80. The van der Waals surface area contributed by atoms with Crippen LogP contribution in [0.3, 0.4) is 0 Å². The van der Waals surface area contributed by atoms with Gasteiger partial charge >= 0.3 is 0 Å². The van der Waals surface area contributed by atoms with Gasteiger partial charge in [0.15, 0.2) is 11.6 Å². The largest absolute Gasteiger partial charge is 0.455 e. The van der Waals surface area contributed by atoms with E-state index in [-0.39, 0.29) is 0 Å². The molecule has 10 aromatic carbocycles. The molecule has 5 heteroatoms. The third-order valence-corrected chi connectivity index (χ3v) is 12.2. The van der Waals surface area contributed by atoms with E-state index in [2.05, 4.69) is 199 Å². The van der Waals surface area contributed by atoms with Crippen LogP contribution in [0.2, 0.25) is 0 Å². The van der Waals surface area contributed by atoms with E-state index in [4.69, 9.17) is 19.4 Å². The topological polar surface area (TPSA) is 56.7 Å². The minimum absolute atomic E-state index is 0.537. The maximum Gasteiger partial charge on any atom is 0.238 e.